The maximum Gasteiger partial charge on any atom is 0.319 e. The summed E-state index contributed by atoms with van der Waals surface area (Å²) in [5.41, 5.74) is 1.75. The van der Waals surface area contributed by atoms with E-state index in [2.05, 4.69) is 17.6 Å². The molecule has 17 heavy (non-hydrogen) atoms. The zero-order valence-electron chi connectivity index (χ0n) is 10.3. The van der Waals surface area contributed by atoms with E-state index in [4.69, 9.17) is 11.6 Å². The zero-order chi connectivity index (χ0) is 12.7. The van der Waals surface area contributed by atoms with Crippen LogP contribution >= 0.6 is 11.6 Å². The molecule has 0 aromatic heterocycles. The molecule has 0 saturated heterocycles. The van der Waals surface area contributed by atoms with Gasteiger partial charge in [0.05, 0.1) is 0 Å². The highest BCUT2D eigenvalue weighted by molar-refractivity contribution is 6.30. The molecule has 0 fully saturated rings. The summed E-state index contributed by atoms with van der Waals surface area (Å²) in [6.45, 7) is 4.77. The lowest BCUT2D eigenvalue weighted by Gasteiger charge is -2.09. The van der Waals surface area contributed by atoms with E-state index < -0.39 is 0 Å². The molecule has 0 radical (unpaired) electrons. The number of benzene rings is 1. The van der Waals surface area contributed by atoms with Crippen molar-refractivity contribution in [2.24, 2.45) is 0 Å². The van der Waals surface area contributed by atoms with Gasteiger partial charge in [-0.3, -0.25) is 0 Å². The van der Waals surface area contributed by atoms with Gasteiger partial charge in [0.15, 0.2) is 0 Å². The van der Waals surface area contributed by atoms with Gasteiger partial charge in [-0.1, -0.05) is 31.4 Å². The molecule has 3 nitrogen and oxygen atoms in total. The van der Waals surface area contributed by atoms with Gasteiger partial charge in [0.25, 0.3) is 0 Å². The van der Waals surface area contributed by atoms with Crippen molar-refractivity contribution in [3.8, 4) is 0 Å². The van der Waals surface area contributed by atoms with E-state index in [0.717, 1.165) is 30.5 Å². The van der Waals surface area contributed by atoms with E-state index in [1.54, 1.807) is 6.07 Å². The van der Waals surface area contributed by atoms with E-state index in [1.165, 1.54) is 0 Å². The molecule has 1 aromatic carbocycles. The Labute approximate surface area is 108 Å². The number of nitrogens with one attached hydrogen (secondary N) is 2. The molecule has 94 valence electrons. The number of rotatable bonds is 5. The van der Waals surface area contributed by atoms with Gasteiger partial charge in [0.1, 0.15) is 0 Å². The molecule has 0 atom stereocenters. The van der Waals surface area contributed by atoms with Crippen molar-refractivity contribution in [2.45, 2.75) is 33.1 Å². The molecule has 4 heteroatoms. The molecule has 0 aliphatic carbocycles. The Kier molecular flexibility index (Phi) is 5.84. The fraction of sp³-hybridized carbons (Fsp3) is 0.462. The summed E-state index contributed by atoms with van der Waals surface area (Å²) in [5.74, 6) is 0. The first-order valence-electron chi connectivity index (χ1n) is 5.94. The average Bonchev–Trinajstić information content (AvgIpc) is 2.28. The molecule has 2 amide bonds. The van der Waals surface area contributed by atoms with Gasteiger partial charge in [-0.25, -0.2) is 4.79 Å². The Morgan fingerprint density at radius 2 is 2.12 bits per heavy atom. The second-order valence-corrected chi connectivity index (χ2v) is 4.48. The normalized spacial score (nSPS) is 10.1. The molecule has 0 bridgehead atoms. The molecule has 0 heterocycles. The number of halogens is 1. The van der Waals surface area contributed by atoms with Crippen LogP contribution in [-0.4, -0.2) is 12.6 Å². The quantitative estimate of drug-likeness (QED) is 0.768. The predicted octanol–water partition coefficient (Wildman–Crippen LogP) is 3.96. The Bertz CT molecular complexity index is 380. The van der Waals surface area contributed by atoms with Crippen LogP contribution in [0.2, 0.25) is 5.02 Å². The van der Waals surface area contributed by atoms with Crippen LogP contribution < -0.4 is 10.6 Å². The van der Waals surface area contributed by atoms with E-state index in [-0.39, 0.29) is 6.03 Å². The van der Waals surface area contributed by atoms with Crippen molar-refractivity contribution >= 4 is 23.3 Å². The van der Waals surface area contributed by atoms with Crippen molar-refractivity contribution in [3.05, 3.63) is 28.8 Å². The van der Waals surface area contributed by atoms with Gasteiger partial charge in [0, 0.05) is 17.3 Å². The summed E-state index contributed by atoms with van der Waals surface area (Å²) >= 11 is 5.84. The van der Waals surface area contributed by atoms with Crippen LogP contribution in [0.4, 0.5) is 10.5 Å². The number of carbonyl (C=O) groups is 1. The number of anilines is 1. The Balaban J connectivity index is 2.40. The Morgan fingerprint density at radius 3 is 2.76 bits per heavy atom. The van der Waals surface area contributed by atoms with Gasteiger partial charge >= 0.3 is 6.03 Å². The highest BCUT2D eigenvalue weighted by Crippen LogP contribution is 2.19. The molecule has 1 aromatic rings. The predicted molar refractivity (Wildman–Crippen MR) is 72.7 cm³/mol. The molecule has 0 spiro atoms. The third kappa shape index (κ3) is 5.09. The first-order valence-corrected chi connectivity index (χ1v) is 6.32. The van der Waals surface area contributed by atoms with Crippen LogP contribution in [0, 0.1) is 6.92 Å². The van der Waals surface area contributed by atoms with Crippen LogP contribution in [0.15, 0.2) is 18.2 Å². The number of carbonyl (C=O) groups excluding carboxylic acids is 1. The maximum absolute atomic E-state index is 11.6. The summed E-state index contributed by atoms with van der Waals surface area (Å²) < 4.78 is 0. The summed E-state index contributed by atoms with van der Waals surface area (Å²) in [6, 6.07) is 5.24. The van der Waals surface area contributed by atoms with Crippen LogP contribution in [0.5, 0.6) is 0 Å². The number of urea groups is 1. The van der Waals surface area contributed by atoms with Gasteiger partial charge < -0.3 is 10.6 Å². The number of hydrogen-bond donors (Lipinski definition) is 2. The van der Waals surface area contributed by atoms with Crippen LogP contribution in [-0.2, 0) is 0 Å². The third-order valence-electron chi connectivity index (χ3n) is 2.50. The molecule has 0 unspecified atom stereocenters. The fourth-order valence-corrected chi connectivity index (χ4v) is 1.74. The highest BCUT2D eigenvalue weighted by atomic mass is 35.5. The van der Waals surface area contributed by atoms with Crippen molar-refractivity contribution in [1.82, 2.24) is 5.32 Å². The fourth-order valence-electron chi connectivity index (χ4n) is 1.51. The van der Waals surface area contributed by atoms with Crippen LogP contribution in [0.3, 0.4) is 0 Å². The summed E-state index contributed by atoms with van der Waals surface area (Å²) in [7, 11) is 0. The number of amides is 2. The third-order valence-corrected chi connectivity index (χ3v) is 2.74. The standard InChI is InChI=1S/C13H19ClN2O/c1-3-4-5-8-15-13(17)16-12-7-6-11(14)9-10(12)2/h6-7,9H,3-5,8H2,1-2H3,(H2,15,16,17). The second kappa shape index (κ2) is 7.17. The SMILES string of the molecule is CCCCCNC(=O)Nc1ccc(Cl)cc1C. The minimum Gasteiger partial charge on any atom is -0.338 e. The Hall–Kier alpha value is -1.22. The zero-order valence-corrected chi connectivity index (χ0v) is 11.1. The topological polar surface area (TPSA) is 41.1 Å². The lowest BCUT2D eigenvalue weighted by Crippen LogP contribution is -2.29. The van der Waals surface area contributed by atoms with Crippen LogP contribution in [0.1, 0.15) is 31.7 Å². The molecular weight excluding hydrogens is 236 g/mol. The smallest absolute Gasteiger partial charge is 0.319 e. The maximum atomic E-state index is 11.6. The molecule has 2 N–H and O–H groups in total. The van der Waals surface area contributed by atoms with E-state index in [9.17, 15) is 4.79 Å². The minimum atomic E-state index is -0.161. The molecule has 0 aliphatic rings. The largest absolute Gasteiger partial charge is 0.338 e. The van der Waals surface area contributed by atoms with E-state index >= 15 is 0 Å². The highest BCUT2D eigenvalue weighted by Gasteiger charge is 2.03. The average molecular weight is 255 g/mol. The number of unbranched alkanes of at least 4 members (excludes halogenated alkanes) is 2. The van der Waals surface area contributed by atoms with Gasteiger partial charge in [0.2, 0.25) is 0 Å². The van der Waals surface area contributed by atoms with Gasteiger partial charge in [-0.05, 0) is 37.1 Å². The Morgan fingerprint density at radius 1 is 1.35 bits per heavy atom. The number of hydrogen-bond acceptors (Lipinski definition) is 1. The monoisotopic (exact) mass is 254 g/mol. The summed E-state index contributed by atoms with van der Waals surface area (Å²) in [4.78, 5) is 11.6. The first kappa shape index (κ1) is 13.8. The van der Waals surface area contributed by atoms with Crippen molar-refractivity contribution < 1.29 is 4.79 Å². The molecule has 0 saturated carbocycles. The van der Waals surface area contributed by atoms with E-state index in [1.807, 2.05) is 19.1 Å². The molecular formula is C13H19ClN2O. The van der Waals surface area contributed by atoms with Crippen molar-refractivity contribution in [2.75, 3.05) is 11.9 Å². The lowest BCUT2D eigenvalue weighted by atomic mass is 10.2. The molecule has 1 rings (SSSR count). The van der Waals surface area contributed by atoms with Crippen molar-refractivity contribution in [3.63, 3.8) is 0 Å². The van der Waals surface area contributed by atoms with Crippen molar-refractivity contribution in [1.29, 1.82) is 0 Å². The van der Waals surface area contributed by atoms with E-state index in [0.29, 0.717) is 11.6 Å². The van der Waals surface area contributed by atoms with Crippen LogP contribution in [0.25, 0.3) is 0 Å². The summed E-state index contributed by atoms with van der Waals surface area (Å²) in [5, 5.41) is 6.31. The summed E-state index contributed by atoms with van der Waals surface area (Å²) in [6.07, 6.45) is 3.31. The number of aryl methyl sites for hydroxylation is 1. The van der Waals surface area contributed by atoms with Gasteiger partial charge in [-0.15, -0.1) is 0 Å². The lowest BCUT2D eigenvalue weighted by molar-refractivity contribution is 0.252. The van der Waals surface area contributed by atoms with Gasteiger partial charge in [-0.2, -0.15) is 0 Å². The minimum absolute atomic E-state index is 0.161. The second-order valence-electron chi connectivity index (χ2n) is 4.05. The molecule has 0 aliphatic heterocycles. The first-order chi connectivity index (χ1) is 8.13.